The van der Waals surface area contributed by atoms with Crippen LogP contribution in [0.25, 0.3) is 0 Å². The molecule has 2 N–H and O–H groups in total. The van der Waals surface area contributed by atoms with Gasteiger partial charge in [-0.25, -0.2) is 0 Å². The van der Waals surface area contributed by atoms with E-state index in [1.807, 2.05) is 6.92 Å². The van der Waals surface area contributed by atoms with Crippen LogP contribution in [-0.2, 0) is 4.79 Å². The van der Waals surface area contributed by atoms with Crippen LogP contribution in [0, 0.1) is 5.41 Å². The molecule has 1 aromatic heterocycles. The Hall–Kier alpha value is -0.400. The van der Waals surface area contributed by atoms with E-state index in [9.17, 15) is 9.59 Å². The molecule has 0 radical (unpaired) electrons. The first-order chi connectivity index (χ1) is 8.33. The number of amides is 2. The number of primary amides is 1. The highest BCUT2D eigenvalue weighted by Crippen LogP contribution is 2.35. The zero-order chi connectivity index (χ0) is 13.5. The molecule has 1 aromatic rings. The van der Waals surface area contributed by atoms with Gasteiger partial charge < -0.3 is 10.6 Å². The van der Waals surface area contributed by atoms with E-state index >= 15 is 0 Å². The SMILES string of the molecule is CC1(C(N)=O)CCN(C(=O)c2cc(Br)c(Br)s2)C1. The highest BCUT2D eigenvalue weighted by atomic mass is 79.9. The van der Waals surface area contributed by atoms with E-state index in [0.717, 1.165) is 8.26 Å². The van der Waals surface area contributed by atoms with Crippen molar-refractivity contribution in [1.82, 2.24) is 4.90 Å². The second-order valence-electron chi connectivity index (χ2n) is 4.63. The molecule has 7 heteroatoms. The zero-order valence-corrected chi connectivity index (χ0v) is 13.7. The zero-order valence-electron chi connectivity index (χ0n) is 9.70. The normalized spacial score (nSPS) is 23.4. The summed E-state index contributed by atoms with van der Waals surface area (Å²) in [7, 11) is 0. The molecule has 2 rings (SSSR count). The standard InChI is InChI=1S/C11H12Br2N2O2S/c1-11(10(14)17)2-3-15(5-11)9(16)7-4-6(12)8(13)18-7/h4H,2-3,5H2,1H3,(H2,14,17). The molecular formula is C11H12Br2N2O2S. The third kappa shape index (κ3) is 2.48. The molecule has 1 atom stereocenters. The van der Waals surface area contributed by atoms with Gasteiger partial charge in [-0.1, -0.05) is 0 Å². The van der Waals surface area contributed by atoms with Gasteiger partial charge in [0.1, 0.15) is 0 Å². The summed E-state index contributed by atoms with van der Waals surface area (Å²) in [6.07, 6.45) is 0.627. The Morgan fingerprint density at radius 1 is 1.50 bits per heavy atom. The van der Waals surface area contributed by atoms with Gasteiger partial charge in [0.15, 0.2) is 0 Å². The Labute approximate surface area is 126 Å². The summed E-state index contributed by atoms with van der Waals surface area (Å²) >= 11 is 8.10. The lowest BCUT2D eigenvalue weighted by molar-refractivity contribution is -0.126. The van der Waals surface area contributed by atoms with Crippen molar-refractivity contribution in [2.24, 2.45) is 11.1 Å². The maximum atomic E-state index is 12.3. The molecule has 1 aliphatic rings. The van der Waals surface area contributed by atoms with Crippen molar-refractivity contribution in [3.63, 3.8) is 0 Å². The maximum Gasteiger partial charge on any atom is 0.264 e. The number of rotatable bonds is 2. The van der Waals surface area contributed by atoms with Crippen LogP contribution in [-0.4, -0.2) is 29.8 Å². The molecule has 0 saturated carbocycles. The minimum Gasteiger partial charge on any atom is -0.369 e. The van der Waals surface area contributed by atoms with Crippen LogP contribution < -0.4 is 5.73 Å². The first kappa shape index (κ1) is 14.0. The van der Waals surface area contributed by atoms with Crippen LogP contribution in [0.5, 0.6) is 0 Å². The Kier molecular flexibility index (Phi) is 3.85. The molecule has 0 bridgehead atoms. The number of nitrogens with two attached hydrogens (primary N) is 1. The van der Waals surface area contributed by atoms with Gasteiger partial charge >= 0.3 is 0 Å². The van der Waals surface area contributed by atoms with Crippen LogP contribution in [0.1, 0.15) is 23.0 Å². The van der Waals surface area contributed by atoms with Gasteiger partial charge in [-0.15, -0.1) is 11.3 Å². The lowest BCUT2D eigenvalue weighted by atomic mass is 9.89. The number of likely N-dealkylation sites (tertiary alicyclic amines) is 1. The molecular weight excluding hydrogens is 384 g/mol. The molecule has 1 saturated heterocycles. The van der Waals surface area contributed by atoms with E-state index in [-0.39, 0.29) is 11.8 Å². The van der Waals surface area contributed by atoms with Gasteiger partial charge in [0.05, 0.1) is 14.1 Å². The van der Waals surface area contributed by atoms with Crippen molar-refractivity contribution in [1.29, 1.82) is 0 Å². The summed E-state index contributed by atoms with van der Waals surface area (Å²) < 4.78 is 1.76. The molecule has 4 nitrogen and oxygen atoms in total. The van der Waals surface area contributed by atoms with Gasteiger partial charge in [0, 0.05) is 17.6 Å². The topological polar surface area (TPSA) is 63.4 Å². The molecule has 1 unspecified atom stereocenters. The summed E-state index contributed by atoms with van der Waals surface area (Å²) in [4.78, 5) is 26.0. The van der Waals surface area contributed by atoms with Crippen molar-refractivity contribution in [2.75, 3.05) is 13.1 Å². The number of hydrogen-bond donors (Lipinski definition) is 1. The van der Waals surface area contributed by atoms with Crippen LogP contribution in [0.4, 0.5) is 0 Å². The van der Waals surface area contributed by atoms with Gasteiger partial charge in [-0.3, -0.25) is 9.59 Å². The summed E-state index contributed by atoms with van der Waals surface area (Å²) in [5.74, 6) is -0.386. The maximum absolute atomic E-state index is 12.3. The summed E-state index contributed by atoms with van der Waals surface area (Å²) in [6.45, 7) is 2.78. The van der Waals surface area contributed by atoms with Crippen LogP contribution >= 0.6 is 43.2 Å². The fraction of sp³-hybridized carbons (Fsp3) is 0.455. The second-order valence-corrected chi connectivity index (χ2v) is 7.86. The second kappa shape index (κ2) is 4.94. The van der Waals surface area contributed by atoms with E-state index in [2.05, 4.69) is 31.9 Å². The number of carbonyl (C=O) groups is 2. The lowest BCUT2D eigenvalue weighted by Gasteiger charge is -2.20. The van der Waals surface area contributed by atoms with Crippen molar-refractivity contribution < 1.29 is 9.59 Å². The Morgan fingerprint density at radius 2 is 2.17 bits per heavy atom. The predicted molar refractivity (Wildman–Crippen MR) is 77.5 cm³/mol. The molecule has 2 heterocycles. The van der Waals surface area contributed by atoms with E-state index in [4.69, 9.17) is 5.73 Å². The third-order valence-electron chi connectivity index (χ3n) is 3.21. The molecule has 0 spiro atoms. The molecule has 0 aliphatic carbocycles. The third-order valence-corrected chi connectivity index (χ3v) is 6.46. The summed E-state index contributed by atoms with van der Waals surface area (Å²) in [5.41, 5.74) is 4.78. The van der Waals surface area contributed by atoms with Crippen molar-refractivity contribution in [3.05, 3.63) is 19.2 Å². The monoisotopic (exact) mass is 394 g/mol. The number of halogens is 2. The molecule has 98 valence electrons. The number of nitrogens with zero attached hydrogens (tertiary/aromatic N) is 1. The quantitative estimate of drug-likeness (QED) is 0.836. The van der Waals surface area contributed by atoms with Gasteiger partial charge in [-0.2, -0.15) is 0 Å². The van der Waals surface area contributed by atoms with E-state index < -0.39 is 5.41 Å². The minimum atomic E-state index is -0.596. The fourth-order valence-electron chi connectivity index (χ4n) is 1.94. The van der Waals surface area contributed by atoms with Gasteiger partial charge in [0.25, 0.3) is 5.91 Å². The highest BCUT2D eigenvalue weighted by molar-refractivity contribution is 9.13. The molecule has 1 aliphatic heterocycles. The van der Waals surface area contributed by atoms with Gasteiger partial charge in [-0.05, 0) is 51.3 Å². The first-order valence-corrected chi connectivity index (χ1v) is 7.78. The average molecular weight is 396 g/mol. The first-order valence-electron chi connectivity index (χ1n) is 5.37. The van der Waals surface area contributed by atoms with Crippen LogP contribution in [0.3, 0.4) is 0 Å². The van der Waals surface area contributed by atoms with Gasteiger partial charge in [0.2, 0.25) is 5.91 Å². The number of hydrogen-bond acceptors (Lipinski definition) is 3. The van der Waals surface area contributed by atoms with Crippen molar-refractivity contribution in [3.8, 4) is 0 Å². The lowest BCUT2D eigenvalue weighted by Crippen LogP contribution is -2.38. The fourth-order valence-corrected chi connectivity index (χ4v) is 3.95. The Morgan fingerprint density at radius 3 is 2.61 bits per heavy atom. The van der Waals surface area contributed by atoms with Crippen molar-refractivity contribution >= 4 is 55.0 Å². The van der Waals surface area contributed by atoms with E-state index in [1.54, 1.807) is 11.0 Å². The molecule has 2 amide bonds. The predicted octanol–water partition coefficient (Wildman–Crippen LogP) is 2.61. The van der Waals surface area contributed by atoms with Crippen LogP contribution in [0.15, 0.2) is 14.3 Å². The summed E-state index contributed by atoms with van der Waals surface area (Å²) in [6, 6.07) is 1.79. The molecule has 1 fully saturated rings. The van der Waals surface area contributed by atoms with Crippen molar-refractivity contribution in [2.45, 2.75) is 13.3 Å². The largest absolute Gasteiger partial charge is 0.369 e. The highest BCUT2D eigenvalue weighted by Gasteiger charge is 2.41. The Bertz CT molecular complexity index is 498. The number of thiophene rings is 1. The summed E-state index contributed by atoms with van der Waals surface area (Å²) in [5, 5.41) is 0. The molecule has 18 heavy (non-hydrogen) atoms. The number of carbonyl (C=O) groups excluding carboxylic acids is 2. The molecule has 0 aromatic carbocycles. The minimum absolute atomic E-state index is 0.0450. The van der Waals surface area contributed by atoms with E-state index in [0.29, 0.717) is 24.4 Å². The van der Waals surface area contributed by atoms with Crippen LogP contribution in [0.2, 0.25) is 0 Å². The smallest absolute Gasteiger partial charge is 0.264 e. The average Bonchev–Trinajstić information content (AvgIpc) is 2.84. The van der Waals surface area contributed by atoms with E-state index in [1.165, 1.54) is 11.3 Å². The Balaban J connectivity index is 2.15.